The maximum absolute atomic E-state index is 5.94. The zero-order valence-electron chi connectivity index (χ0n) is 13.1. The van der Waals surface area contributed by atoms with E-state index in [2.05, 4.69) is 15.3 Å². The van der Waals surface area contributed by atoms with E-state index >= 15 is 0 Å². The van der Waals surface area contributed by atoms with Crippen LogP contribution in [0.15, 0.2) is 66.9 Å². The van der Waals surface area contributed by atoms with Gasteiger partial charge in [-0.15, -0.1) is 0 Å². The molecule has 0 fully saturated rings. The molecule has 5 heteroatoms. The Balaban J connectivity index is 1.42. The van der Waals surface area contributed by atoms with Gasteiger partial charge in [-0.3, -0.25) is 0 Å². The van der Waals surface area contributed by atoms with Crippen LogP contribution in [0.3, 0.4) is 0 Å². The van der Waals surface area contributed by atoms with E-state index < -0.39 is 0 Å². The summed E-state index contributed by atoms with van der Waals surface area (Å²) in [7, 11) is 0. The van der Waals surface area contributed by atoms with Crippen LogP contribution in [0, 0.1) is 0 Å². The number of nitrogens with zero attached hydrogens (tertiary/aromatic N) is 2. The quantitative estimate of drug-likeness (QED) is 0.799. The lowest BCUT2D eigenvalue weighted by Crippen LogP contribution is -2.35. The van der Waals surface area contributed by atoms with E-state index in [0.717, 1.165) is 22.9 Å². The maximum atomic E-state index is 5.94. The van der Waals surface area contributed by atoms with Gasteiger partial charge in [0.25, 0.3) is 0 Å². The standard InChI is InChI=1S/C19H17N3O2/c1-2-6-14(7-3-1)19-20-11-10-18(22-19)21-12-15-13-23-16-8-4-5-9-17(16)24-15/h1-11,15H,12-13H2,(H,20,21,22). The van der Waals surface area contributed by atoms with Crippen LogP contribution in [0.25, 0.3) is 11.4 Å². The Morgan fingerprint density at radius 3 is 2.62 bits per heavy atom. The summed E-state index contributed by atoms with van der Waals surface area (Å²) in [4.78, 5) is 8.88. The highest BCUT2D eigenvalue weighted by atomic mass is 16.6. The summed E-state index contributed by atoms with van der Waals surface area (Å²) in [5.41, 5.74) is 0.993. The molecule has 0 aliphatic carbocycles. The lowest BCUT2D eigenvalue weighted by Gasteiger charge is -2.26. The fourth-order valence-corrected chi connectivity index (χ4v) is 2.57. The minimum atomic E-state index is -0.0601. The number of para-hydroxylation sites is 2. The Labute approximate surface area is 140 Å². The molecular weight excluding hydrogens is 302 g/mol. The van der Waals surface area contributed by atoms with Gasteiger partial charge >= 0.3 is 0 Å². The van der Waals surface area contributed by atoms with Crippen molar-refractivity contribution in [2.45, 2.75) is 6.10 Å². The maximum Gasteiger partial charge on any atom is 0.161 e. The van der Waals surface area contributed by atoms with Crippen LogP contribution < -0.4 is 14.8 Å². The number of nitrogens with one attached hydrogen (secondary N) is 1. The van der Waals surface area contributed by atoms with Gasteiger partial charge in [-0.25, -0.2) is 9.97 Å². The predicted octanol–water partition coefficient (Wildman–Crippen LogP) is 3.40. The first-order chi connectivity index (χ1) is 11.9. The summed E-state index contributed by atoms with van der Waals surface area (Å²) in [6.07, 6.45) is 1.70. The van der Waals surface area contributed by atoms with E-state index in [-0.39, 0.29) is 6.10 Å². The second-order valence-corrected chi connectivity index (χ2v) is 5.51. The topological polar surface area (TPSA) is 56.3 Å². The fraction of sp³-hybridized carbons (Fsp3) is 0.158. The van der Waals surface area contributed by atoms with E-state index in [1.54, 1.807) is 6.20 Å². The van der Waals surface area contributed by atoms with Crippen LogP contribution in [0.1, 0.15) is 0 Å². The summed E-state index contributed by atoms with van der Waals surface area (Å²) in [6.45, 7) is 1.13. The molecule has 0 bridgehead atoms. The molecule has 0 amide bonds. The number of aromatic nitrogens is 2. The van der Waals surface area contributed by atoms with Gasteiger partial charge < -0.3 is 14.8 Å². The minimum absolute atomic E-state index is 0.0601. The molecule has 2 aromatic carbocycles. The Bertz CT molecular complexity index is 824. The molecule has 5 nitrogen and oxygen atoms in total. The first-order valence-electron chi connectivity index (χ1n) is 7.89. The number of ether oxygens (including phenoxy) is 2. The summed E-state index contributed by atoms with van der Waals surface area (Å²) >= 11 is 0. The highest BCUT2D eigenvalue weighted by molar-refractivity contribution is 5.56. The largest absolute Gasteiger partial charge is 0.486 e. The first-order valence-corrected chi connectivity index (χ1v) is 7.89. The third kappa shape index (κ3) is 3.15. The lowest BCUT2D eigenvalue weighted by molar-refractivity contribution is 0.0997. The van der Waals surface area contributed by atoms with Crippen molar-refractivity contribution >= 4 is 5.82 Å². The molecule has 1 unspecified atom stereocenters. The average Bonchev–Trinajstić information content (AvgIpc) is 2.67. The first kappa shape index (κ1) is 14.5. The Hall–Kier alpha value is -3.08. The van der Waals surface area contributed by atoms with Gasteiger partial charge in [-0.1, -0.05) is 42.5 Å². The molecule has 0 spiro atoms. The van der Waals surface area contributed by atoms with E-state index in [0.29, 0.717) is 19.0 Å². The highest BCUT2D eigenvalue weighted by Gasteiger charge is 2.20. The van der Waals surface area contributed by atoms with Gasteiger partial charge in [0.2, 0.25) is 0 Å². The fourth-order valence-electron chi connectivity index (χ4n) is 2.57. The Morgan fingerprint density at radius 2 is 1.75 bits per heavy atom. The molecule has 1 aliphatic rings. The molecule has 2 heterocycles. The van der Waals surface area contributed by atoms with Crippen molar-refractivity contribution in [3.8, 4) is 22.9 Å². The molecule has 0 saturated heterocycles. The predicted molar refractivity (Wildman–Crippen MR) is 92.3 cm³/mol. The number of fused-ring (bicyclic) bond motifs is 1. The molecule has 1 aromatic heterocycles. The lowest BCUT2D eigenvalue weighted by atomic mass is 10.2. The normalized spacial score (nSPS) is 15.8. The van der Waals surface area contributed by atoms with Crippen molar-refractivity contribution in [2.24, 2.45) is 0 Å². The van der Waals surface area contributed by atoms with Crippen LogP contribution in [0.4, 0.5) is 5.82 Å². The van der Waals surface area contributed by atoms with Gasteiger partial charge in [-0.05, 0) is 18.2 Å². The molecule has 1 atom stereocenters. The average molecular weight is 319 g/mol. The van der Waals surface area contributed by atoms with Gasteiger partial charge in [0, 0.05) is 11.8 Å². The number of hydrogen-bond donors (Lipinski definition) is 1. The molecule has 1 aliphatic heterocycles. The molecule has 1 N–H and O–H groups in total. The van der Waals surface area contributed by atoms with Crippen molar-refractivity contribution in [2.75, 3.05) is 18.5 Å². The van der Waals surface area contributed by atoms with Crippen molar-refractivity contribution in [1.29, 1.82) is 0 Å². The van der Waals surface area contributed by atoms with Crippen LogP contribution in [-0.2, 0) is 0 Å². The zero-order chi connectivity index (χ0) is 16.2. The number of rotatable bonds is 4. The van der Waals surface area contributed by atoms with Crippen LogP contribution >= 0.6 is 0 Å². The van der Waals surface area contributed by atoms with E-state index in [9.17, 15) is 0 Å². The van der Waals surface area contributed by atoms with Crippen molar-refractivity contribution < 1.29 is 9.47 Å². The molecule has 0 radical (unpaired) electrons. The highest BCUT2D eigenvalue weighted by Crippen LogP contribution is 2.30. The van der Waals surface area contributed by atoms with Crippen LogP contribution in [0.5, 0.6) is 11.5 Å². The van der Waals surface area contributed by atoms with Crippen LogP contribution in [-0.4, -0.2) is 29.2 Å². The SMILES string of the molecule is c1ccc(-c2nccc(NCC3COc4ccccc4O3)n2)cc1. The van der Waals surface area contributed by atoms with Crippen molar-refractivity contribution in [3.05, 3.63) is 66.9 Å². The van der Waals surface area contributed by atoms with E-state index in [1.807, 2.05) is 60.7 Å². The van der Waals surface area contributed by atoms with Crippen LogP contribution in [0.2, 0.25) is 0 Å². The number of benzene rings is 2. The van der Waals surface area contributed by atoms with Gasteiger partial charge in [0.05, 0.1) is 6.54 Å². The number of anilines is 1. The Morgan fingerprint density at radius 1 is 0.958 bits per heavy atom. The third-order valence-corrected chi connectivity index (χ3v) is 3.77. The molecular formula is C19H17N3O2. The van der Waals surface area contributed by atoms with Crippen molar-refractivity contribution in [3.63, 3.8) is 0 Å². The van der Waals surface area contributed by atoms with Gasteiger partial charge in [0.15, 0.2) is 17.3 Å². The minimum Gasteiger partial charge on any atom is -0.486 e. The second-order valence-electron chi connectivity index (χ2n) is 5.51. The molecule has 4 rings (SSSR count). The molecule has 24 heavy (non-hydrogen) atoms. The van der Waals surface area contributed by atoms with E-state index in [4.69, 9.17) is 9.47 Å². The molecule has 0 saturated carbocycles. The van der Waals surface area contributed by atoms with Crippen molar-refractivity contribution in [1.82, 2.24) is 9.97 Å². The van der Waals surface area contributed by atoms with E-state index in [1.165, 1.54) is 0 Å². The second kappa shape index (κ2) is 6.58. The molecule has 120 valence electrons. The summed E-state index contributed by atoms with van der Waals surface area (Å²) in [5.74, 6) is 3.04. The molecule has 3 aromatic rings. The van der Waals surface area contributed by atoms with Gasteiger partial charge in [0.1, 0.15) is 18.5 Å². The zero-order valence-corrected chi connectivity index (χ0v) is 13.1. The summed E-state index contributed by atoms with van der Waals surface area (Å²) in [5, 5.41) is 3.30. The monoisotopic (exact) mass is 319 g/mol. The third-order valence-electron chi connectivity index (χ3n) is 3.77. The summed E-state index contributed by atoms with van der Waals surface area (Å²) in [6, 6.07) is 19.5. The summed E-state index contributed by atoms with van der Waals surface area (Å²) < 4.78 is 11.7. The smallest absolute Gasteiger partial charge is 0.161 e. The number of hydrogen-bond acceptors (Lipinski definition) is 5. The Kier molecular flexibility index (Phi) is 3.98. The van der Waals surface area contributed by atoms with Gasteiger partial charge in [-0.2, -0.15) is 0 Å².